The second-order valence-corrected chi connectivity index (χ2v) is 8.42. The van der Waals surface area contributed by atoms with Crippen LogP contribution in [0.3, 0.4) is 0 Å². The molecule has 1 aliphatic carbocycles. The zero-order valence-corrected chi connectivity index (χ0v) is 17.9. The number of ether oxygens (including phenoxy) is 1. The summed E-state index contributed by atoms with van der Waals surface area (Å²) in [6, 6.07) is 4.54. The van der Waals surface area contributed by atoms with Gasteiger partial charge in [0, 0.05) is 24.7 Å². The molecular weight excluding hydrogens is 441 g/mol. The first-order chi connectivity index (χ1) is 15.8. The lowest BCUT2D eigenvalue weighted by molar-refractivity contribution is -0.185. The molecule has 0 bridgehead atoms. The zero-order valence-electron chi connectivity index (χ0n) is 17.9. The molecule has 8 nitrogen and oxygen atoms in total. The molecule has 1 saturated heterocycles. The van der Waals surface area contributed by atoms with Crippen LogP contribution in [-0.4, -0.2) is 52.2 Å². The summed E-state index contributed by atoms with van der Waals surface area (Å²) in [5.41, 5.74) is 0.0712. The van der Waals surface area contributed by atoms with E-state index in [9.17, 15) is 22.8 Å². The lowest BCUT2D eigenvalue weighted by Crippen LogP contribution is -2.44. The van der Waals surface area contributed by atoms with E-state index in [1.165, 1.54) is 18.5 Å². The summed E-state index contributed by atoms with van der Waals surface area (Å²) >= 11 is 0. The maximum atomic E-state index is 13.0. The summed E-state index contributed by atoms with van der Waals surface area (Å²) in [4.78, 5) is 31.4. The number of pyridine rings is 1. The first-order valence-corrected chi connectivity index (χ1v) is 11.0. The smallest absolute Gasteiger partial charge is 0.391 e. The van der Waals surface area contributed by atoms with Gasteiger partial charge in [-0.1, -0.05) is 5.16 Å². The number of aromatic nitrogens is 2. The molecule has 178 valence electrons. The molecule has 2 aromatic rings. The van der Waals surface area contributed by atoms with E-state index in [4.69, 9.17) is 9.26 Å². The SMILES string of the molecule is O=C(Nc1ccon1)c1ncccc1OC[C@H]1CCCN1C(=O)C1CCC(C(F)(F)F)CC1. The summed E-state index contributed by atoms with van der Waals surface area (Å²) in [5.74, 6) is -1.80. The van der Waals surface area contributed by atoms with Crippen molar-refractivity contribution in [3.63, 3.8) is 0 Å². The Kier molecular flexibility index (Phi) is 6.85. The summed E-state index contributed by atoms with van der Waals surface area (Å²) in [6.07, 6.45) is 0.612. The number of nitrogens with one attached hydrogen (secondary N) is 1. The van der Waals surface area contributed by atoms with Crippen LogP contribution in [0.15, 0.2) is 35.2 Å². The van der Waals surface area contributed by atoms with Crippen molar-refractivity contribution >= 4 is 17.6 Å². The van der Waals surface area contributed by atoms with Gasteiger partial charge in [-0.05, 0) is 50.7 Å². The molecule has 33 heavy (non-hydrogen) atoms. The number of carbonyl (C=O) groups excluding carboxylic acids is 2. The number of nitrogens with zero attached hydrogens (tertiary/aromatic N) is 3. The highest BCUT2D eigenvalue weighted by Gasteiger charge is 2.44. The van der Waals surface area contributed by atoms with Crippen molar-refractivity contribution in [2.24, 2.45) is 11.8 Å². The van der Waals surface area contributed by atoms with E-state index in [2.05, 4.69) is 15.5 Å². The van der Waals surface area contributed by atoms with Gasteiger partial charge in [0.1, 0.15) is 12.9 Å². The van der Waals surface area contributed by atoms with Gasteiger partial charge < -0.3 is 19.5 Å². The van der Waals surface area contributed by atoms with Crippen molar-refractivity contribution in [1.82, 2.24) is 15.0 Å². The van der Waals surface area contributed by atoms with E-state index in [1.807, 2.05) is 0 Å². The number of alkyl halides is 3. The van der Waals surface area contributed by atoms with Gasteiger partial charge in [0.15, 0.2) is 17.3 Å². The predicted molar refractivity (Wildman–Crippen MR) is 110 cm³/mol. The number of halogens is 3. The van der Waals surface area contributed by atoms with Crippen LogP contribution >= 0.6 is 0 Å². The van der Waals surface area contributed by atoms with Crippen molar-refractivity contribution < 1.29 is 32.0 Å². The minimum atomic E-state index is -4.20. The molecule has 2 aliphatic rings. The van der Waals surface area contributed by atoms with Crippen LogP contribution in [-0.2, 0) is 4.79 Å². The van der Waals surface area contributed by atoms with Crippen LogP contribution in [0.4, 0.5) is 19.0 Å². The number of hydrogen-bond acceptors (Lipinski definition) is 6. The Morgan fingerprint density at radius 2 is 1.97 bits per heavy atom. The lowest BCUT2D eigenvalue weighted by atomic mass is 9.81. The Morgan fingerprint density at radius 1 is 1.18 bits per heavy atom. The van der Waals surface area contributed by atoms with Gasteiger partial charge in [-0.15, -0.1) is 0 Å². The van der Waals surface area contributed by atoms with Crippen LogP contribution in [0.5, 0.6) is 5.75 Å². The number of likely N-dealkylation sites (tertiary alicyclic amines) is 1. The molecule has 11 heteroatoms. The second-order valence-electron chi connectivity index (χ2n) is 8.42. The summed E-state index contributed by atoms with van der Waals surface area (Å²) < 4.78 is 49.4. The average Bonchev–Trinajstić information content (AvgIpc) is 3.49. The molecule has 0 aromatic carbocycles. The Hall–Kier alpha value is -3.11. The number of anilines is 1. The predicted octanol–water partition coefficient (Wildman–Crippen LogP) is 4.06. The molecule has 1 saturated carbocycles. The second kappa shape index (κ2) is 9.80. The Morgan fingerprint density at radius 3 is 2.67 bits per heavy atom. The third-order valence-electron chi connectivity index (χ3n) is 6.30. The van der Waals surface area contributed by atoms with E-state index < -0.39 is 18.0 Å². The van der Waals surface area contributed by atoms with E-state index in [0.29, 0.717) is 6.54 Å². The van der Waals surface area contributed by atoms with Crippen molar-refractivity contribution in [3.8, 4) is 5.75 Å². The maximum absolute atomic E-state index is 13.0. The summed E-state index contributed by atoms with van der Waals surface area (Å²) in [7, 11) is 0. The summed E-state index contributed by atoms with van der Waals surface area (Å²) in [5, 5.41) is 6.19. The first-order valence-electron chi connectivity index (χ1n) is 11.0. The van der Waals surface area contributed by atoms with Crippen molar-refractivity contribution in [2.45, 2.75) is 50.7 Å². The highest BCUT2D eigenvalue weighted by Crippen LogP contribution is 2.40. The molecule has 1 N–H and O–H groups in total. The van der Waals surface area contributed by atoms with Gasteiger partial charge in [-0.25, -0.2) is 4.98 Å². The molecular formula is C22H25F3N4O4. The van der Waals surface area contributed by atoms with Crippen molar-refractivity contribution in [2.75, 3.05) is 18.5 Å². The fraction of sp³-hybridized carbons (Fsp3) is 0.545. The number of rotatable bonds is 6. The Labute approximate surface area is 188 Å². The highest BCUT2D eigenvalue weighted by molar-refractivity contribution is 6.04. The molecule has 2 fully saturated rings. The molecule has 2 amide bonds. The van der Waals surface area contributed by atoms with Crippen molar-refractivity contribution in [3.05, 3.63) is 36.4 Å². The molecule has 3 heterocycles. The summed E-state index contributed by atoms with van der Waals surface area (Å²) in [6.45, 7) is 0.720. The van der Waals surface area contributed by atoms with E-state index in [0.717, 1.165) is 12.8 Å². The third kappa shape index (κ3) is 5.45. The number of hydrogen-bond donors (Lipinski definition) is 1. The van der Waals surface area contributed by atoms with Crippen LogP contribution in [0.25, 0.3) is 0 Å². The minimum absolute atomic E-state index is 0.00537. The molecule has 0 spiro atoms. The number of carbonyl (C=O) groups is 2. The maximum Gasteiger partial charge on any atom is 0.391 e. The van der Waals surface area contributed by atoms with Gasteiger partial charge >= 0.3 is 6.18 Å². The minimum Gasteiger partial charge on any atom is -0.489 e. The first kappa shape index (κ1) is 23.1. The lowest BCUT2D eigenvalue weighted by Gasteiger charge is -2.33. The molecule has 4 rings (SSSR count). The van der Waals surface area contributed by atoms with Gasteiger partial charge in [-0.3, -0.25) is 9.59 Å². The quantitative estimate of drug-likeness (QED) is 0.690. The van der Waals surface area contributed by atoms with Crippen molar-refractivity contribution in [1.29, 1.82) is 0 Å². The van der Waals surface area contributed by atoms with Crippen LogP contribution < -0.4 is 10.1 Å². The fourth-order valence-corrected chi connectivity index (χ4v) is 4.52. The number of amides is 2. The fourth-order valence-electron chi connectivity index (χ4n) is 4.52. The van der Waals surface area contributed by atoms with Crippen LogP contribution in [0.1, 0.15) is 49.0 Å². The van der Waals surface area contributed by atoms with Gasteiger partial charge in [0.2, 0.25) is 5.91 Å². The highest BCUT2D eigenvalue weighted by atomic mass is 19.4. The molecule has 0 radical (unpaired) electrons. The van der Waals surface area contributed by atoms with E-state index in [1.54, 1.807) is 17.0 Å². The molecule has 2 aromatic heterocycles. The normalized spacial score (nSPS) is 23.4. The van der Waals surface area contributed by atoms with Gasteiger partial charge in [0.25, 0.3) is 5.91 Å². The van der Waals surface area contributed by atoms with Gasteiger partial charge in [-0.2, -0.15) is 13.2 Å². The molecule has 1 atom stereocenters. The largest absolute Gasteiger partial charge is 0.489 e. The Bertz CT molecular complexity index is 959. The standard InChI is InChI=1S/C22H25F3N4O4/c23-22(24,25)15-7-5-14(6-8-15)21(31)29-11-2-3-16(29)13-32-17-4-1-10-26-19(17)20(30)27-18-9-12-33-28-18/h1,4,9-10,12,14-16H,2-3,5-8,11,13H2,(H,27,28,30)/t14?,15?,16-/m1/s1. The van der Waals surface area contributed by atoms with Gasteiger partial charge in [0.05, 0.1) is 12.0 Å². The van der Waals surface area contributed by atoms with E-state index >= 15 is 0 Å². The Balaban J connectivity index is 1.35. The van der Waals surface area contributed by atoms with Crippen LogP contribution in [0, 0.1) is 11.8 Å². The average molecular weight is 466 g/mol. The van der Waals surface area contributed by atoms with Crippen LogP contribution in [0.2, 0.25) is 0 Å². The third-order valence-corrected chi connectivity index (χ3v) is 6.30. The monoisotopic (exact) mass is 466 g/mol. The molecule has 1 aliphatic heterocycles. The topological polar surface area (TPSA) is 97.6 Å². The van der Waals surface area contributed by atoms with E-state index in [-0.39, 0.29) is 67.4 Å². The molecule has 0 unspecified atom stereocenters. The zero-order chi connectivity index (χ0) is 23.4.